The van der Waals surface area contributed by atoms with Gasteiger partial charge in [0.05, 0.1) is 19.8 Å². The van der Waals surface area contributed by atoms with E-state index in [-0.39, 0.29) is 22.5 Å². The molecule has 234 valence electrons. The van der Waals surface area contributed by atoms with E-state index in [0.717, 1.165) is 12.1 Å². The van der Waals surface area contributed by atoms with Crippen LogP contribution in [0.2, 0.25) is 0 Å². The van der Waals surface area contributed by atoms with Crippen molar-refractivity contribution >= 4 is 11.0 Å². The molecule has 0 radical (unpaired) electrons. The molecule has 2 aliphatic heterocycles. The first-order valence-electron chi connectivity index (χ1n) is 13.3. The lowest BCUT2D eigenvalue weighted by molar-refractivity contribution is -0.318. The zero-order valence-electron chi connectivity index (χ0n) is 22.9. The number of methoxy groups -OCH3 is 1. The summed E-state index contributed by atoms with van der Waals surface area (Å²) in [6.07, 6.45) is -15.7. The number of fused-ring (bicyclic) bond motifs is 1. The first-order valence-corrected chi connectivity index (χ1v) is 13.3. The van der Waals surface area contributed by atoms with Crippen molar-refractivity contribution in [1.29, 1.82) is 0 Å². The van der Waals surface area contributed by atoms with Crippen LogP contribution in [0.5, 0.6) is 23.0 Å². The average molecular weight is 609 g/mol. The third-order valence-electron chi connectivity index (χ3n) is 7.41. The number of hydrogen-bond acceptors (Lipinski definition) is 15. The number of hydrogen-bond donors (Lipinski definition) is 8. The Morgan fingerprint density at radius 3 is 2.14 bits per heavy atom. The minimum absolute atomic E-state index is 0.180. The molecule has 15 nitrogen and oxygen atoms in total. The molecule has 2 saturated heterocycles. The molecule has 8 N–H and O–H groups in total. The number of rotatable bonds is 7. The highest BCUT2D eigenvalue weighted by Crippen LogP contribution is 2.37. The van der Waals surface area contributed by atoms with E-state index in [0.29, 0.717) is 11.3 Å². The molecule has 2 aromatic carbocycles. The van der Waals surface area contributed by atoms with Crippen LogP contribution in [-0.4, -0.2) is 116 Å². The molecule has 0 saturated carbocycles. The number of aromatic hydroxyl groups is 2. The summed E-state index contributed by atoms with van der Waals surface area (Å²) in [7, 11) is 1.46. The number of benzene rings is 2. The van der Waals surface area contributed by atoms with E-state index in [2.05, 4.69) is 0 Å². The molecule has 15 heteroatoms. The highest BCUT2D eigenvalue weighted by molar-refractivity contribution is 5.88. The number of ether oxygens (including phenoxy) is 5. The molecular weight excluding hydrogens is 576 g/mol. The summed E-state index contributed by atoms with van der Waals surface area (Å²) in [4.78, 5) is 13.6. The maximum Gasteiger partial charge on any atom is 0.239 e. The Morgan fingerprint density at radius 2 is 1.47 bits per heavy atom. The SMILES string of the molecule is COc1ccc(-c2oc3cc(O)cc(O)c3c(=O)c2O[C@@H]2O[C@H](CO[C@@H]3O[C@@H](C)[C@H](O)[C@@H](O)[C@H]3O)[C@@H](O)[C@H](O)[C@H]2O)cc1. The van der Waals surface area contributed by atoms with Gasteiger partial charge in [-0.15, -0.1) is 0 Å². The zero-order valence-corrected chi connectivity index (χ0v) is 22.9. The molecule has 2 fully saturated rings. The summed E-state index contributed by atoms with van der Waals surface area (Å²) in [5.41, 5.74) is -0.796. The van der Waals surface area contributed by atoms with Gasteiger partial charge in [-0.3, -0.25) is 4.79 Å². The van der Waals surface area contributed by atoms with Crippen molar-refractivity contribution in [1.82, 2.24) is 0 Å². The largest absolute Gasteiger partial charge is 0.508 e. The zero-order chi connectivity index (χ0) is 31.2. The van der Waals surface area contributed by atoms with Crippen molar-refractivity contribution in [2.45, 2.75) is 68.3 Å². The van der Waals surface area contributed by atoms with Crippen molar-refractivity contribution < 1.29 is 69.0 Å². The lowest BCUT2D eigenvalue weighted by atomic mass is 9.98. The minimum atomic E-state index is -1.90. The molecular formula is C28H32O15. The van der Waals surface area contributed by atoms with Gasteiger partial charge in [-0.2, -0.15) is 0 Å². The van der Waals surface area contributed by atoms with Crippen LogP contribution in [0, 0.1) is 0 Å². The van der Waals surface area contributed by atoms with E-state index >= 15 is 0 Å². The second kappa shape index (κ2) is 12.2. The average Bonchev–Trinajstić information content (AvgIpc) is 2.98. The van der Waals surface area contributed by atoms with E-state index in [1.807, 2.05) is 0 Å². The van der Waals surface area contributed by atoms with Gasteiger partial charge in [-0.1, -0.05) is 0 Å². The van der Waals surface area contributed by atoms with Crippen LogP contribution in [0.4, 0.5) is 0 Å². The molecule has 0 bridgehead atoms. The molecule has 43 heavy (non-hydrogen) atoms. The molecule has 0 unspecified atom stereocenters. The summed E-state index contributed by atoms with van der Waals surface area (Å²) in [5, 5.41) is 82.0. The predicted molar refractivity (Wildman–Crippen MR) is 143 cm³/mol. The summed E-state index contributed by atoms with van der Waals surface area (Å²) in [5.74, 6) is -1.23. The summed E-state index contributed by atoms with van der Waals surface area (Å²) >= 11 is 0. The number of aliphatic hydroxyl groups is 6. The van der Waals surface area contributed by atoms with Gasteiger partial charge in [-0.25, -0.2) is 0 Å². The lowest BCUT2D eigenvalue weighted by Gasteiger charge is -2.42. The Balaban J connectivity index is 1.46. The Hall–Kier alpha value is -3.51. The van der Waals surface area contributed by atoms with Crippen LogP contribution in [0.3, 0.4) is 0 Å². The van der Waals surface area contributed by atoms with E-state index < -0.39 is 84.9 Å². The van der Waals surface area contributed by atoms with Crippen molar-refractivity contribution in [3.05, 3.63) is 46.6 Å². The van der Waals surface area contributed by atoms with Gasteiger partial charge < -0.3 is 69.0 Å². The van der Waals surface area contributed by atoms with Crippen LogP contribution in [0.1, 0.15) is 6.92 Å². The van der Waals surface area contributed by atoms with Gasteiger partial charge in [-0.05, 0) is 31.2 Å². The standard InChI is InChI=1S/C28H32O15/c1-10-18(31)21(34)23(36)27(40-10)39-9-16-19(32)22(35)24(37)28(42-16)43-26-20(33)17-14(30)7-12(29)8-15(17)41-25(26)11-3-5-13(38-2)6-4-11/h3-8,10,16,18-19,21-24,27-32,34-37H,9H2,1-2H3/t10-,16+,18-,19+,21+,22-,23+,24+,27+,28-/m0/s1. The van der Waals surface area contributed by atoms with Gasteiger partial charge >= 0.3 is 0 Å². The van der Waals surface area contributed by atoms with Crippen LogP contribution >= 0.6 is 0 Å². The summed E-state index contributed by atoms with van der Waals surface area (Å²) < 4.78 is 33.3. The third kappa shape index (κ3) is 5.86. The fourth-order valence-electron chi connectivity index (χ4n) is 4.92. The van der Waals surface area contributed by atoms with E-state index in [9.17, 15) is 45.6 Å². The van der Waals surface area contributed by atoms with E-state index in [4.69, 9.17) is 28.1 Å². The first kappa shape index (κ1) is 30.9. The highest BCUT2D eigenvalue weighted by atomic mass is 16.7. The van der Waals surface area contributed by atoms with Gasteiger partial charge in [0.1, 0.15) is 70.9 Å². The molecule has 5 rings (SSSR count). The van der Waals surface area contributed by atoms with Crippen molar-refractivity contribution in [3.63, 3.8) is 0 Å². The smallest absolute Gasteiger partial charge is 0.239 e. The normalized spacial score (nSPS) is 32.9. The molecule has 10 atom stereocenters. The van der Waals surface area contributed by atoms with Gasteiger partial charge in [0.2, 0.25) is 17.5 Å². The summed E-state index contributed by atoms with van der Waals surface area (Å²) in [6, 6.07) is 8.25. The lowest BCUT2D eigenvalue weighted by Crippen LogP contribution is -2.61. The Morgan fingerprint density at radius 1 is 0.814 bits per heavy atom. The number of aliphatic hydroxyl groups excluding tert-OH is 6. The van der Waals surface area contributed by atoms with Crippen molar-refractivity contribution in [2.75, 3.05) is 13.7 Å². The Kier molecular flexibility index (Phi) is 8.80. The third-order valence-corrected chi connectivity index (χ3v) is 7.41. The van der Waals surface area contributed by atoms with Crippen LogP contribution in [-0.2, 0) is 14.2 Å². The van der Waals surface area contributed by atoms with Gasteiger partial charge in [0, 0.05) is 17.7 Å². The molecule has 2 aliphatic rings. The van der Waals surface area contributed by atoms with E-state index in [1.165, 1.54) is 26.2 Å². The first-order chi connectivity index (χ1) is 20.4. The van der Waals surface area contributed by atoms with Crippen molar-refractivity contribution in [3.8, 4) is 34.3 Å². The Labute approximate surface area is 243 Å². The van der Waals surface area contributed by atoms with Crippen molar-refractivity contribution in [2.24, 2.45) is 0 Å². The van der Waals surface area contributed by atoms with Crippen LogP contribution in [0.15, 0.2) is 45.6 Å². The summed E-state index contributed by atoms with van der Waals surface area (Å²) in [6.45, 7) is 0.889. The predicted octanol–water partition coefficient (Wildman–Crippen LogP) is -1.09. The quantitative estimate of drug-likeness (QED) is 0.159. The van der Waals surface area contributed by atoms with Gasteiger partial charge in [0.25, 0.3) is 0 Å². The van der Waals surface area contributed by atoms with E-state index in [1.54, 1.807) is 12.1 Å². The topological polar surface area (TPSA) is 238 Å². The minimum Gasteiger partial charge on any atom is -0.508 e. The maximum absolute atomic E-state index is 13.6. The Bertz CT molecular complexity index is 1490. The van der Waals surface area contributed by atoms with Crippen LogP contribution < -0.4 is 14.9 Å². The number of phenols is 2. The monoisotopic (exact) mass is 608 g/mol. The van der Waals surface area contributed by atoms with Crippen LogP contribution in [0.25, 0.3) is 22.3 Å². The number of phenolic OH excluding ortho intramolecular Hbond substituents is 2. The highest BCUT2D eigenvalue weighted by Gasteiger charge is 2.47. The molecule has 1 aromatic heterocycles. The molecule has 3 aromatic rings. The second-order valence-corrected chi connectivity index (χ2v) is 10.3. The maximum atomic E-state index is 13.6. The molecule has 0 spiro atoms. The molecule has 0 aliphatic carbocycles. The molecule has 0 amide bonds. The molecule has 3 heterocycles. The van der Waals surface area contributed by atoms with Gasteiger partial charge in [0.15, 0.2) is 12.1 Å². The fraction of sp³-hybridized carbons (Fsp3) is 0.464. The fourth-order valence-corrected chi connectivity index (χ4v) is 4.92. The second-order valence-electron chi connectivity index (χ2n) is 10.3.